The first-order valence-electron chi connectivity index (χ1n) is 19.1. The Morgan fingerprint density at radius 2 is 1.89 bits per heavy atom. The van der Waals surface area contributed by atoms with Crippen LogP contribution in [0.25, 0.3) is 11.8 Å². The van der Waals surface area contributed by atoms with Crippen LogP contribution in [0.5, 0.6) is 11.6 Å². The lowest BCUT2D eigenvalue weighted by molar-refractivity contribution is -0.140. The fraction of sp³-hybridized carbons (Fsp3) is 0.525. The molecule has 4 aliphatic rings. The highest BCUT2D eigenvalue weighted by molar-refractivity contribution is 5.86. The minimum Gasteiger partial charge on any atom is -0.507 e. The Morgan fingerprint density at radius 3 is 2.57 bits per heavy atom. The molecule has 8 N–H and O–H groups in total. The monoisotopic (exact) mass is 726 g/mol. The van der Waals surface area contributed by atoms with Crippen molar-refractivity contribution in [2.24, 2.45) is 28.5 Å². The number of nitrogen functional groups attached to an aromatic ring is 1. The maximum atomic E-state index is 11.6. The summed E-state index contributed by atoms with van der Waals surface area (Å²) < 4.78 is 11.3. The lowest BCUT2D eigenvalue weighted by atomic mass is 9.83. The van der Waals surface area contributed by atoms with E-state index in [4.69, 9.17) is 25.7 Å². The molecule has 3 aromatic rings. The Hall–Kier alpha value is -4.75. The SMILES string of the molecule is CC(C)C(C(=O)O)c1cc(OCC2CCC(N3CCC(C4=CNC(N5CCc6[nH]c(N)c(/C=C(\N)c7ccccc7O)c6C5C)N=C4)CC3)CC2)no1. The predicted molar refractivity (Wildman–Crippen MR) is 205 cm³/mol. The number of phenolic OH excluding ortho intramolecular Hbond substituents is 1. The molecule has 284 valence electrons. The van der Waals surface area contributed by atoms with Gasteiger partial charge < -0.3 is 46.1 Å². The molecule has 3 aliphatic heterocycles. The number of phenols is 1. The number of aromatic nitrogens is 2. The number of carboxylic acid groups (broad SMARTS) is 1. The molecule has 3 atom stereocenters. The van der Waals surface area contributed by atoms with Gasteiger partial charge in [0.15, 0.2) is 12.0 Å². The van der Waals surface area contributed by atoms with Gasteiger partial charge in [0.05, 0.1) is 6.61 Å². The molecular formula is C40H54N8O5. The summed E-state index contributed by atoms with van der Waals surface area (Å²) in [6.45, 7) is 9.50. The van der Waals surface area contributed by atoms with Gasteiger partial charge >= 0.3 is 5.97 Å². The minimum absolute atomic E-state index is 0.0432. The van der Waals surface area contributed by atoms with E-state index in [-0.39, 0.29) is 24.0 Å². The van der Waals surface area contributed by atoms with Crippen molar-refractivity contribution in [1.82, 2.24) is 25.3 Å². The Bertz CT molecular complexity index is 1850. The molecule has 2 fully saturated rings. The lowest BCUT2D eigenvalue weighted by Gasteiger charge is -2.42. The molecule has 0 radical (unpaired) electrons. The fourth-order valence-electron chi connectivity index (χ4n) is 8.83. The molecule has 2 aromatic heterocycles. The van der Waals surface area contributed by atoms with E-state index in [1.807, 2.05) is 26.0 Å². The fourth-order valence-corrected chi connectivity index (χ4v) is 8.83. The summed E-state index contributed by atoms with van der Waals surface area (Å²) in [6, 6.07) is 9.34. The Balaban J connectivity index is 0.875. The third-order valence-corrected chi connectivity index (χ3v) is 11.9. The Morgan fingerprint density at radius 1 is 1.13 bits per heavy atom. The number of carbonyl (C=O) groups is 1. The van der Waals surface area contributed by atoms with Crippen LogP contribution in [0.4, 0.5) is 5.82 Å². The maximum Gasteiger partial charge on any atom is 0.314 e. The highest BCUT2D eigenvalue weighted by Gasteiger charge is 2.35. The molecule has 53 heavy (non-hydrogen) atoms. The van der Waals surface area contributed by atoms with Gasteiger partial charge in [0, 0.05) is 66.0 Å². The molecule has 0 amide bonds. The van der Waals surface area contributed by atoms with Crippen molar-refractivity contribution in [1.29, 1.82) is 0 Å². The van der Waals surface area contributed by atoms with Crippen LogP contribution in [0.2, 0.25) is 0 Å². The number of likely N-dealkylation sites (tertiary alicyclic amines) is 1. The van der Waals surface area contributed by atoms with Crippen LogP contribution in [0.3, 0.4) is 0 Å². The van der Waals surface area contributed by atoms with E-state index in [9.17, 15) is 15.0 Å². The number of ether oxygens (including phenoxy) is 1. The zero-order chi connectivity index (χ0) is 37.2. The largest absolute Gasteiger partial charge is 0.507 e. The summed E-state index contributed by atoms with van der Waals surface area (Å²) in [6.07, 6.45) is 13.6. The number of anilines is 1. The Labute approximate surface area is 311 Å². The van der Waals surface area contributed by atoms with Gasteiger partial charge in [0.1, 0.15) is 17.5 Å². The van der Waals surface area contributed by atoms with Crippen LogP contribution in [-0.4, -0.2) is 80.9 Å². The average molecular weight is 727 g/mol. The number of allylic oxidation sites excluding steroid dienone is 1. The van der Waals surface area contributed by atoms with E-state index in [1.54, 1.807) is 24.3 Å². The second-order valence-electron chi connectivity index (χ2n) is 15.5. The second-order valence-corrected chi connectivity index (χ2v) is 15.5. The topological polar surface area (TPSA) is 191 Å². The molecule has 5 heterocycles. The van der Waals surface area contributed by atoms with Crippen molar-refractivity contribution in [2.45, 2.75) is 90.0 Å². The van der Waals surface area contributed by atoms with Crippen molar-refractivity contribution in [2.75, 3.05) is 32.0 Å². The van der Waals surface area contributed by atoms with Gasteiger partial charge in [-0.25, -0.2) is 0 Å². The summed E-state index contributed by atoms with van der Waals surface area (Å²) in [5, 5.41) is 27.5. The Kier molecular flexibility index (Phi) is 10.8. The molecule has 7 rings (SSSR count). The number of benzene rings is 1. The van der Waals surface area contributed by atoms with Gasteiger partial charge in [-0.1, -0.05) is 26.0 Å². The number of H-pyrrole nitrogens is 1. The van der Waals surface area contributed by atoms with Gasteiger partial charge in [-0.3, -0.25) is 14.7 Å². The number of aromatic hydroxyl groups is 1. The molecule has 0 bridgehead atoms. The van der Waals surface area contributed by atoms with Crippen molar-refractivity contribution in [3.63, 3.8) is 0 Å². The highest BCUT2D eigenvalue weighted by atomic mass is 16.5. The van der Waals surface area contributed by atoms with E-state index < -0.39 is 11.9 Å². The summed E-state index contributed by atoms with van der Waals surface area (Å²) >= 11 is 0. The van der Waals surface area contributed by atoms with E-state index in [2.05, 4.69) is 44.6 Å². The van der Waals surface area contributed by atoms with E-state index >= 15 is 0 Å². The number of nitrogens with zero attached hydrogens (tertiary/aromatic N) is 4. The van der Waals surface area contributed by atoms with Gasteiger partial charge in [0.2, 0.25) is 0 Å². The van der Waals surface area contributed by atoms with Crippen LogP contribution in [0.15, 0.2) is 51.6 Å². The molecule has 3 unspecified atom stereocenters. The van der Waals surface area contributed by atoms with E-state index in [1.165, 1.54) is 5.57 Å². The van der Waals surface area contributed by atoms with Crippen LogP contribution in [0.1, 0.15) is 99.4 Å². The standard InChI is InChI=1S/C40H54N8O5/c1-23(2)36(39(50)51)34-19-35(46-53-34)52-22-25-8-10-28(11-9-25)47-15-12-26(13-16-47)27-20-43-40(44-21-27)48-17-14-32-37(24(48)3)30(38(42)45-32)18-31(41)29-6-4-5-7-33(29)49/h4-7,18-21,23-26,28,36,40,43,45,49H,8-17,22,41-42H2,1-3H3,(H,50,51)/b31-18-. The summed E-state index contributed by atoms with van der Waals surface area (Å²) in [4.78, 5) is 25.1. The first-order chi connectivity index (χ1) is 25.6. The molecule has 1 aromatic carbocycles. The number of carboxylic acids is 1. The number of hydrogen-bond acceptors (Lipinski definition) is 11. The first kappa shape index (κ1) is 36.6. The number of nitrogens with two attached hydrogens (primary N) is 2. The van der Waals surface area contributed by atoms with Gasteiger partial charge in [-0.05, 0) is 111 Å². The first-order valence-corrected chi connectivity index (χ1v) is 19.1. The van der Waals surface area contributed by atoms with E-state index in [0.29, 0.717) is 53.2 Å². The second kappa shape index (κ2) is 15.7. The highest BCUT2D eigenvalue weighted by Crippen LogP contribution is 2.39. The zero-order valence-corrected chi connectivity index (χ0v) is 31.0. The number of nitrogens with one attached hydrogen (secondary N) is 2. The maximum absolute atomic E-state index is 11.6. The zero-order valence-electron chi connectivity index (χ0n) is 31.0. The number of aliphatic carboxylic acids is 1. The molecule has 0 spiro atoms. The quantitative estimate of drug-likeness (QED) is 0.142. The summed E-state index contributed by atoms with van der Waals surface area (Å²) in [5.41, 5.74) is 18.3. The molecule has 13 nitrogen and oxygen atoms in total. The predicted octanol–water partition coefficient (Wildman–Crippen LogP) is 5.68. The molecular weight excluding hydrogens is 672 g/mol. The van der Waals surface area contributed by atoms with Crippen LogP contribution in [0, 0.1) is 17.8 Å². The lowest BCUT2D eigenvalue weighted by Crippen LogP contribution is -2.48. The average Bonchev–Trinajstić information content (AvgIpc) is 3.74. The molecule has 1 aliphatic carbocycles. The minimum atomic E-state index is -0.914. The van der Waals surface area contributed by atoms with E-state index in [0.717, 1.165) is 81.4 Å². The van der Waals surface area contributed by atoms with Gasteiger partial charge in [0.25, 0.3) is 5.88 Å². The van der Waals surface area contributed by atoms with Crippen molar-refractivity contribution >= 4 is 29.8 Å². The van der Waals surface area contributed by atoms with Crippen molar-refractivity contribution in [3.05, 3.63) is 70.2 Å². The van der Waals surface area contributed by atoms with Crippen molar-refractivity contribution < 1.29 is 24.3 Å². The number of aliphatic imine (C=N–C) groups is 1. The molecule has 1 saturated carbocycles. The van der Waals surface area contributed by atoms with Gasteiger partial charge in [-0.2, -0.15) is 0 Å². The van der Waals surface area contributed by atoms with Crippen LogP contribution < -0.4 is 21.5 Å². The van der Waals surface area contributed by atoms with Gasteiger partial charge in [-0.15, -0.1) is 0 Å². The smallest absolute Gasteiger partial charge is 0.314 e. The molecule has 13 heteroatoms. The third kappa shape index (κ3) is 7.82. The number of piperidine rings is 1. The summed E-state index contributed by atoms with van der Waals surface area (Å²) in [5.74, 6) is 0.637. The number of hydrogen-bond donors (Lipinski definition) is 6. The molecule has 1 saturated heterocycles. The van der Waals surface area contributed by atoms with Crippen LogP contribution in [-0.2, 0) is 11.2 Å². The number of fused-ring (bicyclic) bond motifs is 1. The number of aromatic amines is 1. The summed E-state index contributed by atoms with van der Waals surface area (Å²) in [7, 11) is 0. The number of rotatable bonds is 11. The van der Waals surface area contributed by atoms with Crippen molar-refractivity contribution in [3.8, 4) is 11.6 Å². The normalized spacial score (nSPS) is 25.1. The van der Waals surface area contributed by atoms with Crippen LogP contribution >= 0.6 is 0 Å². The third-order valence-electron chi connectivity index (χ3n) is 11.9. The number of para-hydroxylation sites is 1.